The average molecular weight is 226 g/mol. The fourth-order valence-corrected chi connectivity index (χ4v) is 2.84. The molecular formula is C11H16ClN3. The summed E-state index contributed by atoms with van der Waals surface area (Å²) in [6, 6.07) is 0.402. The number of H-pyrrole nitrogens is 1. The normalized spacial score (nSPS) is 26.9. The highest BCUT2D eigenvalue weighted by molar-refractivity contribution is 6.32. The molecule has 1 unspecified atom stereocenters. The van der Waals surface area contributed by atoms with E-state index in [0.717, 1.165) is 23.0 Å². The van der Waals surface area contributed by atoms with Crippen molar-refractivity contribution in [2.24, 2.45) is 0 Å². The number of nitrogens with zero attached hydrogens (tertiary/aromatic N) is 1. The Kier molecular flexibility index (Phi) is 2.45. The summed E-state index contributed by atoms with van der Waals surface area (Å²) in [4.78, 5) is 0. The van der Waals surface area contributed by atoms with Crippen LogP contribution in [0, 0.1) is 0 Å². The van der Waals surface area contributed by atoms with E-state index in [1.807, 2.05) is 0 Å². The Bertz CT molecular complexity index is 351. The van der Waals surface area contributed by atoms with Crippen LogP contribution < -0.4 is 5.32 Å². The lowest BCUT2D eigenvalue weighted by molar-refractivity contribution is 0.411. The predicted molar refractivity (Wildman–Crippen MR) is 60.2 cm³/mol. The molecule has 2 aliphatic rings. The molecule has 0 spiro atoms. The summed E-state index contributed by atoms with van der Waals surface area (Å²) in [5.41, 5.74) is 2.21. The summed E-state index contributed by atoms with van der Waals surface area (Å²) >= 11 is 6.38. The molecule has 1 aromatic heterocycles. The minimum absolute atomic E-state index is 0.402. The van der Waals surface area contributed by atoms with E-state index in [9.17, 15) is 0 Å². The fourth-order valence-electron chi connectivity index (χ4n) is 2.47. The van der Waals surface area contributed by atoms with Crippen molar-refractivity contribution in [3.8, 4) is 0 Å². The van der Waals surface area contributed by atoms with Crippen LogP contribution in [0.15, 0.2) is 0 Å². The van der Waals surface area contributed by atoms with Gasteiger partial charge < -0.3 is 5.32 Å². The highest BCUT2D eigenvalue weighted by Crippen LogP contribution is 2.41. The second-order valence-electron chi connectivity index (χ2n) is 4.61. The Morgan fingerprint density at radius 1 is 1.20 bits per heavy atom. The number of rotatable bonds is 2. The van der Waals surface area contributed by atoms with Gasteiger partial charge in [0.05, 0.1) is 22.5 Å². The van der Waals surface area contributed by atoms with Crippen LogP contribution in [0.2, 0.25) is 5.02 Å². The van der Waals surface area contributed by atoms with Crippen LogP contribution in [0.4, 0.5) is 0 Å². The first kappa shape index (κ1) is 9.67. The number of hydrogen-bond donors (Lipinski definition) is 2. The predicted octanol–water partition coefficient (Wildman–Crippen LogP) is 2.76. The Balaban J connectivity index is 1.85. The number of aromatic nitrogens is 2. The first-order chi connectivity index (χ1) is 7.36. The topological polar surface area (TPSA) is 40.7 Å². The van der Waals surface area contributed by atoms with Crippen LogP contribution in [-0.4, -0.2) is 16.7 Å². The first-order valence-corrected chi connectivity index (χ1v) is 6.21. The molecule has 1 aliphatic carbocycles. The standard InChI is InChI=1S/C11H16ClN3/c12-9-10(7-3-1-4-7)14-15-11(9)8-5-2-6-13-8/h7-8,13H,1-6H2,(H,14,15). The zero-order chi connectivity index (χ0) is 10.3. The van der Waals surface area contributed by atoms with Crippen molar-refractivity contribution in [3.63, 3.8) is 0 Å². The number of halogens is 1. The summed E-state index contributed by atoms with van der Waals surface area (Å²) in [5.74, 6) is 0.615. The lowest BCUT2D eigenvalue weighted by atomic mass is 9.83. The third-order valence-corrected chi connectivity index (χ3v) is 4.06. The van der Waals surface area contributed by atoms with Gasteiger partial charge in [-0.1, -0.05) is 18.0 Å². The summed E-state index contributed by atoms with van der Waals surface area (Å²) in [6.07, 6.45) is 6.24. The molecule has 3 nitrogen and oxygen atoms in total. The average Bonchev–Trinajstić information content (AvgIpc) is 2.74. The van der Waals surface area contributed by atoms with Crippen molar-refractivity contribution >= 4 is 11.6 Å². The molecule has 2 fully saturated rings. The zero-order valence-corrected chi connectivity index (χ0v) is 9.48. The highest BCUT2D eigenvalue weighted by atomic mass is 35.5. The zero-order valence-electron chi connectivity index (χ0n) is 8.72. The van der Waals surface area contributed by atoms with E-state index < -0.39 is 0 Å². The molecule has 0 bridgehead atoms. The van der Waals surface area contributed by atoms with E-state index in [1.165, 1.54) is 32.1 Å². The van der Waals surface area contributed by atoms with Gasteiger partial charge in [-0.2, -0.15) is 5.10 Å². The van der Waals surface area contributed by atoms with Gasteiger partial charge >= 0.3 is 0 Å². The van der Waals surface area contributed by atoms with E-state index in [2.05, 4.69) is 15.5 Å². The molecule has 1 saturated carbocycles. The Hall–Kier alpha value is -0.540. The van der Waals surface area contributed by atoms with Crippen LogP contribution in [-0.2, 0) is 0 Å². The van der Waals surface area contributed by atoms with Gasteiger partial charge in [0.1, 0.15) is 0 Å². The van der Waals surface area contributed by atoms with Gasteiger partial charge in [-0.25, -0.2) is 0 Å². The van der Waals surface area contributed by atoms with E-state index in [0.29, 0.717) is 12.0 Å². The summed E-state index contributed by atoms with van der Waals surface area (Å²) in [7, 11) is 0. The monoisotopic (exact) mass is 225 g/mol. The Labute approximate surface area is 94.6 Å². The van der Waals surface area contributed by atoms with Gasteiger partial charge in [-0.3, -0.25) is 5.10 Å². The molecule has 4 heteroatoms. The smallest absolute Gasteiger partial charge is 0.0866 e. The van der Waals surface area contributed by atoms with E-state index in [4.69, 9.17) is 11.6 Å². The minimum atomic E-state index is 0.402. The second-order valence-corrected chi connectivity index (χ2v) is 4.99. The van der Waals surface area contributed by atoms with Gasteiger partial charge in [-0.05, 0) is 32.2 Å². The number of aromatic amines is 1. The molecule has 82 valence electrons. The van der Waals surface area contributed by atoms with Crippen molar-refractivity contribution in [2.45, 2.75) is 44.1 Å². The number of hydrogen-bond acceptors (Lipinski definition) is 2. The van der Waals surface area contributed by atoms with Crippen LogP contribution in [0.1, 0.15) is 55.5 Å². The molecule has 2 heterocycles. The third kappa shape index (κ3) is 1.58. The van der Waals surface area contributed by atoms with Crippen LogP contribution >= 0.6 is 11.6 Å². The van der Waals surface area contributed by atoms with Crippen LogP contribution in [0.3, 0.4) is 0 Å². The largest absolute Gasteiger partial charge is 0.309 e. The quantitative estimate of drug-likeness (QED) is 0.813. The van der Waals surface area contributed by atoms with Crippen molar-refractivity contribution < 1.29 is 0 Å². The molecule has 1 atom stereocenters. The van der Waals surface area contributed by atoms with E-state index in [1.54, 1.807) is 0 Å². The van der Waals surface area contributed by atoms with Crippen LogP contribution in [0.25, 0.3) is 0 Å². The molecular weight excluding hydrogens is 210 g/mol. The maximum Gasteiger partial charge on any atom is 0.0866 e. The van der Waals surface area contributed by atoms with Crippen molar-refractivity contribution in [2.75, 3.05) is 6.54 Å². The van der Waals surface area contributed by atoms with Crippen LogP contribution in [0.5, 0.6) is 0 Å². The molecule has 0 radical (unpaired) electrons. The molecule has 1 saturated heterocycles. The lowest BCUT2D eigenvalue weighted by Crippen LogP contribution is -2.13. The Morgan fingerprint density at radius 3 is 2.67 bits per heavy atom. The van der Waals surface area contributed by atoms with Crippen molar-refractivity contribution in [3.05, 3.63) is 16.4 Å². The third-order valence-electron chi connectivity index (χ3n) is 3.66. The lowest BCUT2D eigenvalue weighted by Gasteiger charge is -2.23. The fraction of sp³-hybridized carbons (Fsp3) is 0.727. The SMILES string of the molecule is Clc1c(C2CCC2)n[nH]c1C1CCCN1. The second kappa shape index (κ2) is 3.80. The highest BCUT2D eigenvalue weighted by Gasteiger charge is 2.29. The summed E-state index contributed by atoms with van der Waals surface area (Å²) < 4.78 is 0. The summed E-state index contributed by atoms with van der Waals surface area (Å²) in [6.45, 7) is 1.10. The van der Waals surface area contributed by atoms with Gasteiger partial charge in [0, 0.05) is 5.92 Å². The number of nitrogens with one attached hydrogen (secondary N) is 2. The first-order valence-electron chi connectivity index (χ1n) is 5.83. The minimum Gasteiger partial charge on any atom is -0.309 e. The van der Waals surface area contributed by atoms with Crippen molar-refractivity contribution in [1.82, 2.24) is 15.5 Å². The molecule has 1 aliphatic heterocycles. The molecule has 2 N–H and O–H groups in total. The molecule has 0 aromatic carbocycles. The van der Waals surface area contributed by atoms with E-state index in [-0.39, 0.29) is 0 Å². The maximum atomic E-state index is 6.38. The summed E-state index contributed by atoms with van der Waals surface area (Å²) in [5, 5.41) is 11.8. The molecule has 0 amide bonds. The van der Waals surface area contributed by atoms with Gasteiger partial charge in [0.15, 0.2) is 0 Å². The molecule has 1 aromatic rings. The van der Waals surface area contributed by atoms with Gasteiger partial charge in [0.2, 0.25) is 0 Å². The van der Waals surface area contributed by atoms with Gasteiger partial charge in [0.25, 0.3) is 0 Å². The molecule has 15 heavy (non-hydrogen) atoms. The Morgan fingerprint density at radius 2 is 2.07 bits per heavy atom. The van der Waals surface area contributed by atoms with Gasteiger partial charge in [-0.15, -0.1) is 0 Å². The molecule has 3 rings (SSSR count). The van der Waals surface area contributed by atoms with E-state index >= 15 is 0 Å². The van der Waals surface area contributed by atoms with Crippen molar-refractivity contribution in [1.29, 1.82) is 0 Å². The maximum absolute atomic E-state index is 6.38.